The maximum Gasteiger partial charge on any atom is 0.261 e. The van der Waals surface area contributed by atoms with E-state index in [-0.39, 0.29) is 25.0 Å². The van der Waals surface area contributed by atoms with Gasteiger partial charge in [-0.2, -0.15) is 0 Å². The van der Waals surface area contributed by atoms with Crippen molar-refractivity contribution in [3.63, 3.8) is 0 Å². The molecule has 0 bridgehead atoms. The Bertz CT molecular complexity index is 880. The SMILES string of the molecule is COc1ccccc1OCC(=O)N(Cc1cccc(Br)c1)[C@@H](C)C(=O)NC(C)(C)C. The lowest BCUT2D eigenvalue weighted by atomic mass is 10.1. The molecule has 0 radical (unpaired) electrons. The molecule has 2 aromatic rings. The van der Waals surface area contributed by atoms with Gasteiger partial charge in [-0.3, -0.25) is 9.59 Å². The molecule has 0 aliphatic rings. The van der Waals surface area contributed by atoms with Gasteiger partial charge in [0, 0.05) is 16.6 Å². The molecule has 0 aliphatic heterocycles. The zero-order chi connectivity index (χ0) is 22.3. The summed E-state index contributed by atoms with van der Waals surface area (Å²) >= 11 is 3.45. The summed E-state index contributed by atoms with van der Waals surface area (Å²) in [6.07, 6.45) is 0. The van der Waals surface area contributed by atoms with Crippen molar-refractivity contribution in [3.05, 3.63) is 58.6 Å². The Morgan fingerprint density at radius 3 is 2.37 bits per heavy atom. The van der Waals surface area contributed by atoms with Crippen molar-refractivity contribution in [1.82, 2.24) is 10.2 Å². The Balaban J connectivity index is 2.20. The van der Waals surface area contributed by atoms with Crippen molar-refractivity contribution in [2.45, 2.75) is 45.8 Å². The van der Waals surface area contributed by atoms with Crippen molar-refractivity contribution in [3.8, 4) is 11.5 Å². The highest BCUT2D eigenvalue weighted by molar-refractivity contribution is 9.10. The second kappa shape index (κ2) is 10.5. The second-order valence-electron chi connectivity index (χ2n) is 8.01. The van der Waals surface area contributed by atoms with Gasteiger partial charge in [-0.25, -0.2) is 0 Å². The lowest BCUT2D eigenvalue weighted by Crippen LogP contribution is -2.53. The number of hydrogen-bond acceptors (Lipinski definition) is 4. The molecule has 0 unspecified atom stereocenters. The van der Waals surface area contributed by atoms with E-state index in [0.29, 0.717) is 11.5 Å². The van der Waals surface area contributed by atoms with Crippen LogP contribution in [0.3, 0.4) is 0 Å². The molecule has 2 aromatic carbocycles. The third-order valence-corrected chi connectivity index (χ3v) is 4.82. The Hall–Kier alpha value is -2.54. The first-order valence-electron chi connectivity index (χ1n) is 9.72. The van der Waals surface area contributed by atoms with Gasteiger partial charge in [0.2, 0.25) is 5.91 Å². The third kappa shape index (κ3) is 7.06. The molecule has 0 heterocycles. The van der Waals surface area contributed by atoms with Crippen molar-refractivity contribution in [1.29, 1.82) is 0 Å². The van der Waals surface area contributed by atoms with Crippen LogP contribution in [0.25, 0.3) is 0 Å². The fraction of sp³-hybridized carbons (Fsp3) is 0.391. The van der Waals surface area contributed by atoms with Crippen LogP contribution in [0.5, 0.6) is 11.5 Å². The highest BCUT2D eigenvalue weighted by Gasteiger charge is 2.28. The molecule has 0 aliphatic carbocycles. The normalized spacial score (nSPS) is 12.1. The number of ether oxygens (including phenoxy) is 2. The molecule has 162 valence electrons. The molecule has 0 saturated carbocycles. The first-order valence-corrected chi connectivity index (χ1v) is 10.5. The van der Waals surface area contributed by atoms with Crippen LogP contribution < -0.4 is 14.8 Å². The first-order chi connectivity index (χ1) is 14.1. The molecule has 0 aromatic heterocycles. The standard InChI is InChI=1S/C23H29BrN2O4/c1-16(22(28)25-23(2,3)4)26(14-17-9-8-10-18(24)13-17)21(27)15-30-20-12-7-6-11-19(20)29-5/h6-13,16H,14-15H2,1-5H3,(H,25,28)/t16-/m0/s1. The molecule has 0 spiro atoms. The molecule has 7 heteroatoms. The third-order valence-electron chi connectivity index (χ3n) is 4.33. The number of hydrogen-bond donors (Lipinski definition) is 1. The van der Waals surface area contributed by atoms with Crippen molar-refractivity contribution in [2.24, 2.45) is 0 Å². The zero-order valence-corrected chi connectivity index (χ0v) is 19.7. The lowest BCUT2D eigenvalue weighted by Gasteiger charge is -2.31. The van der Waals surface area contributed by atoms with Crippen LogP contribution in [0.1, 0.15) is 33.3 Å². The number of nitrogens with zero attached hydrogens (tertiary/aromatic N) is 1. The predicted molar refractivity (Wildman–Crippen MR) is 121 cm³/mol. The Labute approximate surface area is 186 Å². The molecule has 6 nitrogen and oxygen atoms in total. The van der Waals surface area contributed by atoms with Gasteiger partial charge in [0.05, 0.1) is 7.11 Å². The van der Waals surface area contributed by atoms with E-state index < -0.39 is 11.6 Å². The number of rotatable bonds is 8. The number of carbonyl (C=O) groups is 2. The van der Waals surface area contributed by atoms with Gasteiger partial charge in [-0.05, 0) is 57.5 Å². The smallest absolute Gasteiger partial charge is 0.261 e. The van der Waals surface area contributed by atoms with E-state index in [2.05, 4.69) is 21.2 Å². The van der Waals surface area contributed by atoms with E-state index in [1.165, 1.54) is 4.90 Å². The summed E-state index contributed by atoms with van der Waals surface area (Å²) < 4.78 is 11.9. The maximum absolute atomic E-state index is 13.1. The minimum Gasteiger partial charge on any atom is -0.493 e. The van der Waals surface area contributed by atoms with Crippen molar-refractivity contribution in [2.75, 3.05) is 13.7 Å². The zero-order valence-electron chi connectivity index (χ0n) is 18.1. The van der Waals surface area contributed by atoms with Crippen molar-refractivity contribution >= 4 is 27.7 Å². The van der Waals surface area contributed by atoms with Gasteiger partial charge in [-0.15, -0.1) is 0 Å². The number of benzene rings is 2. The Morgan fingerprint density at radius 2 is 1.77 bits per heavy atom. The largest absolute Gasteiger partial charge is 0.493 e. The molecule has 1 N–H and O–H groups in total. The summed E-state index contributed by atoms with van der Waals surface area (Å²) in [4.78, 5) is 27.4. The van der Waals surface area contributed by atoms with Crippen LogP contribution in [0.15, 0.2) is 53.0 Å². The molecule has 30 heavy (non-hydrogen) atoms. The predicted octanol–water partition coefficient (Wildman–Crippen LogP) is 4.17. The maximum atomic E-state index is 13.1. The van der Waals surface area contributed by atoms with E-state index in [9.17, 15) is 9.59 Å². The van der Waals surface area contributed by atoms with Gasteiger partial charge in [-0.1, -0.05) is 40.2 Å². The van der Waals surface area contributed by atoms with Gasteiger partial charge in [0.1, 0.15) is 6.04 Å². The number of carbonyl (C=O) groups excluding carboxylic acids is 2. The molecular formula is C23H29BrN2O4. The number of halogens is 1. The second-order valence-corrected chi connectivity index (χ2v) is 8.92. The van der Waals surface area contributed by atoms with E-state index in [1.54, 1.807) is 32.2 Å². The summed E-state index contributed by atoms with van der Waals surface area (Å²) in [6.45, 7) is 7.52. The summed E-state index contributed by atoms with van der Waals surface area (Å²) in [5, 5.41) is 2.94. The minimum absolute atomic E-state index is 0.207. The quantitative estimate of drug-likeness (QED) is 0.620. The van der Waals surface area contributed by atoms with Crippen LogP contribution in [0, 0.1) is 0 Å². The average molecular weight is 477 g/mol. The van der Waals surface area contributed by atoms with Crippen LogP contribution in [-0.2, 0) is 16.1 Å². The summed E-state index contributed by atoms with van der Waals surface area (Å²) in [5.74, 6) is 0.505. The summed E-state index contributed by atoms with van der Waals surface area (Å²) in [6, 6.07) is 14.1. The topological polar surface area (TPSA) is 67.9 Å². The van der Waals surface area contributed by atoms with Crippen LogP contribution in [0.2, 0.25) is 0 Å². The lowest BCUT2D eigenvalue weighted by molar-refractivity contribution is -0.142. The monoisotopic (exact) mass is 476 g/mol. The van der Waals surface area contributed by atoms with Crippen LogP contribution in [0.4, 0.5) is 0 Å². The van der Waals surface area contributed by atoms with E-state index >= 15 is 0 Å². The Morgan fingerprint density at radius 1 is 1.10 bits per heavy atom. The average Bonchev–Trinajstić information content (AvgIpc) is 2.68. The molecule has 0 saturated heterocycles. The molecule has 0 fully saturated rings. The summed E-state index contributed by atoms with van der Waals surface area (Å²) in [5.41, 5.74) is 0.509. The fourth-order valence-electron chi connectivity index (χ4n) is 2.85. The molecule has 2 amide bonds. The van der Waals surface area contributed by atoms with E-state index in [1.807, 2.05) is 51.1 Å². The minimum atomic E-state index is -0.669. The molecular weight excluding hydrogens is 448 g/mol. The highest BCUT2D eigenvalue weighted by atomic mass is 79.9. The molecule has 2 rings (SSSR count). The van der Waals surface area contributed by atoms with Gasteiger partial charge < -0.3 is 19.7 Å². The number of nitrogens with one attached hydrogen (secondary N) is 1. The summed E-state index contributed by atoms with van der Waals surface area (Å²) in [7, 11) is 1.54. The Kier molecular flexibility index (Phi) is 8.29. The van der Waals surface area contributed by atoms with Crippen molar-refractivity contribution < 1.29 is 19.1 Å². The fourth-order valence-corrected chi connectivity index (χ4v) is 3.30. The number of amides is 2. The van der Waals surface area contributed by atoms with Gasteiger partial charge in [0.15, 0.2) is 18.1 Å². The van der Waals surface area contributed by atoms with E-state index in [4.69, 9.17) is 9.47 Å². The van der Waals surface area contributed by atoms with E-state index in [0.717, 1.165) is 10.0 Å². The highest BCUT2D eigenvalue weighted by Crippen LogP contribution is 2.26. The van der Waals surface area contributed by atoms with Gasteiger partial charge >= 0.3 is 0 Å². The molecule has 1 atom stereocenters. The number of methoxy groups -OCH3 is 1. The van der Waals surface area contributed by atoms with Crippen LogP contribution in [-0.4, -0.2) is 42.0 Å². The number of para-hydroxylation sites is 2. The first kappa shape index (κ1) is 23.7. The van der Waals surface area contributed by atoms with Crippen LogP contribution >= 0.6 is 15.9 Å². The van der Waals surface area contributed by atoms with Gasteiger partial charge in [0.25, 0.3) is 5.91 Å².